The molecule has 3 heterocycles. The van der Waals surface area contributed by atoms with E-state index in [2.05, 4.69) is 17.0 Å². The number of carbonyl (C=O) groups excluding carboxylic acids is 2. The average molecular weight is 535 g/mol. The normalized spacial score (nSPS) is 28.6. The molecule has 3 aliphatic heterocycles. The fourth-order valence-corrected chi connectivity index (χ4v) is 7.39. The summed E-state index contributed by atoms with van der Waals surface area (Å²) in [5, 5.41) is 21.1. The summed E-state index contributed by atoms with van der Waals surface area (Å²) in [5.74, 6) is -1.33. The number of hydrogen-bond donors (Lipinski definition) is 2. The lowest BCUT2D eigenvalue weighted by molar-refractivity contribution is -0.144. The topological polar surface area (TPSA) is 90.3 Å². The van der Waals surface area contributed by atoms with Crippen LogP contribution in [0.15, 0.2) is 59.6 Å². The molecule has 4 aliphatic rings. The van der Waals surface area contributed by atoms with Gasteiger partial charge in [-0.25, -0.2) is 0 Å². The van der Waals surface area contributed by atoms with Crippen molar-refractivity contribution in [3.05, 3.63) is 75.7 Å². The van der Waals surface area contributed by atoms with Crippen molar-refractivity contribution in [2.45, 2.75) is 51.3 Å². The first kappa shape index (κ1) is 25.6. The van der Waals surface area contributed by atoms with Crippen LogP contribution in [0.2, 0.25) is 5.02 Å². The van der Waals surface area contributed by atoms with Crippen LogP contribution < -0.4 is 0 Å². The van der Waals surface area contributed by atoms with Gasteiger partial charge in [-0.05, 0) is 67.3 Å². The van der Waals surface area contributed by atoms with Gasteiger partial charge in [0.2, 0.25) is 11.8 Å². The average Bonchev–Trinajstić information content (AvgIpc) is 3.14. The van der Waals surface area contributed by atoms with E-state index in [1.165, 1.54) is 17.7 Å². The number of halogens is 1. The van der Waals surface area contributed by atoms with Crippen molar-refractivity contribution < 1.29 is 24.4 Å². The van der Waals surface area contributed by atoms with E-state index >= 15 is 0 Å². The lowest BCUT2D eigenvalue weighted by atomic mass is 9.55. The van der Waals surface area contributed by atoms with E-state index in [-0.39, 0.29) is 29.5 Å². The van der Waals surface area contributed by atoms with Gasteiger partial charge in [-0.3, -0.25) is 19.4 Å². The van der Waals surface area contributed by atoms with Crippen molar-refractivity contribution in [1.29, 1.82) is 0 Å². The van der Waals surface area contributed by atoms with E-state index in [4.69, 9.17) is 16.3 Å². The number of likely N-dealkylation sites (tertiary alicyclic amines) is 2. The molecule has 1 aliphatic carbocycles. The molecule has 38 heavy (non-hydrogen) atoms. The molecule has 0 unspecified atom stereocenters. The molecule has 0 bridgehead atoms. The quantitative estimate of drug-likeness (QED) is 0.453. The molecule has 0 aromatic heterocycles. The first-order valence-corrected chi connectivity index (χ1v) is 13.8. The molecule has 2 N–H and O–H groups in total. The lowest BCUT2D eigenvalue weighted by Gasteiger charge is -2.41. The van der Waals surface area contributed by atoms with Crippen LogP contribution in [0.25, 0.3) is 0 Å². The highest BCUT2D eigenvalue weighted by molar-refractivity contribution is 6.53. The van der Waals surface area contributed by atoms with Crippen molar-refractivity contribution in [2.24, 2.45) is 17.8 Å². The number of imide groups is 1. The van der Waals surface area contributed by atoms with Gasteiger partial charge in [0, 0.05) is 30.7 Å². The molecule has 0 spiro atoms. The minimum Gasteiger partial charge on any atom is -0.508 e. The molecule has 2 aromatic carbocycles. The van der Waals surface area contributed by atoms with E-state index in [0.717, 1.165) is 43.5 Å². The number of amides is 2. The summed E-state index contributed by atoms with van der Waals surface area (Å²) in [5.41, 5.74) is 3.58. The number of rotatable bonds is 4. The van der Waals surface area contributed by atoms with Crippen molar-refractivity contribution in [1.82, 2.24) is 9.80 Å². The summed E-state index contributed by atoms with van der Waals surface area (Å²) in [6.07, 6.45) is 1.90. The van der Waals surface area contributed by atoms with Crippen LogP contribution in [0.4, 0.5) is 0 Å². The third-order valence-corrected chi connectivity index (χ3v) is 9.22. The van der Waals surface area contributed by atoms with Gasteiger partial charge in [-0.2, -0.15) is 0 Å². The van der Waals surface area contributed by atoms with Gasteiger partial charge in [0.25, 0.3) is 0 Å². The molecule has 0 saturated carbocycles. The maximum absolute atomic E-state index is 13.9. The Labute approximate surface area is 228 Å². The molecule has 9 heteroatoms. The molecule has 6 rings (SSSR count). The van der Waals surface area contributed by atoms with Crippen LogP contribution in [0, 0.1) is 17.8 Å². The zero-order valence-electron chi connectivity index (χ0n) is 21.4. The summed E-state index contributed by atoms with van der Waals surface area (Å²) in [6.45, 7) is 4.48. The number of allylic oxidation sites excluding steroid dienone is 2. The highest BCUT2D eigenvalue weighted by atomic mass is 35.5. The summed E-state index contributed by atoms with van der Waals surface area (Å²) in [7, 11) is -1.16. The van der Waals surface area contributed by atoms with Gasteiger partial charge in [-0.15, -0.1) is 0 Å². The maximum atomic E-state index is 13.9. The van der Waals surface area contributed by atoms with Gasteiger partial charge in [0.15, 0.2) is 0 Å². The van der Waals surface area contributed by atoms with E-state index in [1.54, 1.807) is 11.0 Å². The monoisotopic (exact) mass is 534 g/mol. The molecule has 3 saturated heterocycles. The van der Waals surface area contributed by atoms with E-state index in [1.807, 2.05) is 25.1 Å². The SMILES string of the molecule is CC1=C2B(O)O[C@H](c3ccc(O)cc3Cl)C[C@H]2[C@H]2C(=O)N(C3CCN(Cc4ccccc4)CC3)C(=O)[C@H]2C1. The summed E-state index contributed by atoms with van der Waals surface area (Å²) in [4.78, 5) is 31.6. The van der Waals surface area contributed by atoms with Crippen LogP contribution in [-0.2, 0) is 20.8 Å². The molecular formula is C29H32BClN2O5. The predicted octanol–water partition coefficient (Wildman–Crippen LogP) is 4.13. The second-order valence-electron chi connectivity index (χ2n) is 11.1. The number of carbonyl (C=O) groups is 2. The third kappa shape index (κ3) is 4.47. The lowest BCUT2D eigenvalue weighted by Crippen LogP contribution is -2.48. The van der Waals surface area contributed by atoms with Crippen LogP contribution >= 0.6 is 11.6 Å². The molecule has 7 nitrogen and oxygen atoms in total. The van der Waals surface area contributed by atoms with Crippen molar-refractivity contribution in [2.75, 3.05) is 13.1 Å². The Morgan fingerprint density at radius 1 is 1.05 bits per heavy atom. The highest BCUT2D eigenvalue weighted by Gasteiger charge is 2.58. The Balaban J connectivity index is 1.20. The van der Waals surface area contributed by atoms with Crippen LogP contribution in [0.5, 0.6) is 5.75 Å². The Morgan fingerprint density at radius 2 is 1.79 bits per heavy atom. The van der Waals surface area contributed by atoms with E-state index in [0.29, 0.717) is 23.4 Å². The standard InChI is InChI=1S/C29H32BClN2O5/c1-17-13-23-26(22-15-25(38-30(37)27(17)22)21-8-7-20(34)14-24(21)31)29(36)33(28(23)35)19-9-11-32(12-10-19)16-18-5-3-2-4-6-18/h2-8,14,19,22-23,25-26,34,37H,9-13,15-16H2,1H3/t22-,23-,25-,26+/m0/s1. The second-order valence-corrected chi connectivity index (χ2v) is 11.5. The number of hydrogen-bond acceptors (Lipinski definition) is 6. The van der Waals surface area contributed by atoms with Gasteiger partial charge >= 0.3 is 7.12 Å². The Hall–Kier alpha value is -2.65. The Bertz CT molecular complexity index is 1280. The molecule has 2 aromatic rings. The second kappa shape index (κ2) is 10.2. The van der Waals surface area contributed by atoms with Crippen LogP contribution in [0.3, 0.4) is 0 Å². The number of phenols is 1. The zero-order chi connectivity index (χ0) is 26.6. The third-order valence-electron chi connectivity index (χ3n) is 8.89. The van der Waals surface area contributed by atoms with Gasteiger partial charge in [-0.1, -0.05) is 53.6 Å². The molecular weight excluding hydrogens is 503 g/mol. The summed E-state index contributed by atoms with van der Waals surface area (Å²) >= 11 is 6.40. The van der Waals surface area contributed by atoms with E-state index < -0.39 is 25.1 Å². The van der Waals surface area contributed by atoms with Gasteiger partial charge < -0.3 is 14.8 Å². The predicted molar refractivity (Wildman–Crippen MR) is 144 cm³/mol. The minimum atomic E-state index is -1.16. The Kier molecular flexibility index (Phi) is 6.85. The molecule has 2 amide bonds. The van der Waals surface area contributed by atoms with Gasteiger partial charge in [0.05, 0.1) is 17.9 Å². The fraction of sp³-hybridized carbons (Fsp3) is 0.448. The van der Waals surface area contributed by atoms with E-state index in [9.17, 15) is 19.7 Å². The summed E-state index contributed by atoms with van der Waals surface area (Å²) in [6, 6.07) is 14.9. The minimum absolute atomic E-state index is 0.0475. The smallest absolute Gasteiger partial charge is 0.487 e. The number of aromatic hydroxyl groups is 1. The number of nitrogens with zero attached hydrogens (tertiary/aromatic N) is 2. The first-order chi connectivity index (χ1) is 18.3. The van der Waals surface area contributed by atoms with Gasteiger partial charge in [0.1, 0.15) is 5.75 Å². The van der Waals surface area contributed by atoms with Crippen molar-refractivity contribution in [3.8, 4) is 5.75 Å². The maximum Gasteiger partial charge on any atom is 0.487 e. The zero-order valence-corrected chi connectivity index (χ0v) is 22.2. The van der Waals surface area contributed by atoms with Crippen molar-refractivity contribution in [3.63, 3.8) is 0 Å². The number of fused-ring (bicyclic) bond motifs is 3. The number of benzene rings is 2. The highest BCUT2D eigenvalue weighted by Crippen LogP contribution is 2.52. The summed E-state index contributed by atoms with van der Waals surface area (Å²) < 4.78 is 5.96. The number of piperidine rings is 1. The molecule has 3 fully saturated rings. The molecule has 0 radical (unpaired) electrons. The Morgan fingerprint density at radius 3 is 2.50 bits per heavy atom. The largest absolute Gasteiger partial charge is 0.508 e. The fourth-order valence-electron chi connectivity index (χ4n) is 7.10. The van der Waals surface area contributed by atoms with Crippen LogP contribution in [0.1, 0.15) is 49.8 Å². The number of phenolic OH excluding ortho intramolecular Hbond substituents is 1. The molecule has 4 atom stereocenters. The van der Waals surface area contributed by atoms with Crippen molar-refractivity contribution >= 4 is 30.5 Å². The first-order valence-electron chi connectivity index (χ1n) is 13.5. The molecule has 198 valence electrons. The van der Waals surface area contributed by atoms with Crippen LogP contribution in [-0.4, -0.2) is 58.0 Å².